The Morgan fingerprint density at radius 3 is 2.26 bits per heavy atom. The molecule has 2 rings (SSSR count). The lowest BCUT2D eigenvalue weighted by Gasteiger charge is -2.06. The van der Waals surface area contributed by atoms with Gasteiger partial charge in [-0.15, -0.1) is 0 Å². The third-order valence-corrected chi connectivity index (χ3v) is 3.49. The predicted octanol–water partition coefficient (Wildman–Crippen LogP) is 1.92. The topological polar surface area (TPSA) is 88.3 Å². The third-order valence-electron chi connectivity index (χ3n) is 3.49. The molecule has 0 aliphatic carbocycles. The summed E-state index contributed by atoms with van der Waals surface area (Å²) in [6.45, 7) is 3.52. The highest BCUT2D eigenvalue weighted by Crippen LogP contribution is 2.20. The number of methoxy groups -OCH3 is 1. The first-order valence-electron chi connectivity index (χ1n) is 7.09. The third kappa shape index (κ3) is 3.48. The Bertz CT molecular complexity index is 747. The lowest BCUT2D eigenvalue weighted by Crippen LogP contribution is -2.31. The molecule has 2 aromatic rings. The van der Waals surface area contributed by atoms with Crippen molar-refractivity contribution in [3.8, 4) is 0 Å². The van der Waals surface area contributed by atoms with Crippen molar-refractivity contribution in [1.82, 2.24) is 10.3 Å². The molecule has 1 heterocycles. The molecule has 0 aliphatic heterocycles. The molecule has 0 radical (unpaired) electrons. The molecule has 0 atom stereocenters. The minimum Gasteiger partial charge on any atom is -0.465 e. The molecular formula is C17H18N2O4. The number of ketones is 1. The Labute approximate surface area is 133 Å². The van der Waals surface area contributed by atoms with Gasteiger partial charge in [-0.3, -0.25) is 9.59 Å². The summed E-state index contributed by atoms with van der Waals surface area (Å²) in [5.41, 5.74) is 1.99. The van der Waals surface area contributed by atoms with E-state index in [1.807, 2.05) is 30.3 Å². The van der Waals surface area contributed by atoms with E-state index in [2.05, 4.69) is 15.0 Å². The highest BCUT2D eigenvalue weighted by Gasteiger charge is 2.28. The van der Waals surface area contributed by atoms with E-state index in [0.29, 0.717) is 11.4 Å². The number of carbonyl (C=O) groups is 3. The Morgan fingerprint density at radius 1 is 1.04 bits per heavy atom. The van der Waals surface area contributed by atoms with Crippen LogP contribution in [0, 0.1) is 13.8 Å². The number of rotatable bonds is 5. The van der Waals surface area contributed by atoms with Crippen molar-refractivity contribution in [3.05, 3.63) is 58.4 Å². The first-order valence-corrected chi connectivity index (χ1v) is 7.09. The predicted molar refractivity (Wildman–Crippen MR) is 84.2 cm³/mol. The first kappa shape index (κ1) is 16.5. The van der Waals surface area contributed by atoms with Crippen molar-refractivity contribution < 1.29 is 19.1 Å². The molecule has 0 fully saturated rings. The van der Waals surface area contributed by atoms with Gasteiger partial charge >= 0.3 is 5.97 Å². The summed E-state index contributed by atoms with van der Waals surface area (Å²) in [6, 6.07) is 9.24. The van der Waals surface area contributed by atoms with Crippen molar-refractivity contribution in [1.29, 1.82) is 0 Å². The van der Waals surface area contributed by atoms with E-state index >= 15 is 0 Å². The second-order valence-electron chi connectivity index (χ2n) is 5.11. The quantitative estimate of drug-likeness (QED) is 0.501. The monoisotopic (exact) mass is 314 g/mol. The van der Waals surface area contributed by atoms with Gasteiger partial charge in [0, 0.05) is 17.9 Å². The molecule has 2 N–H and O–H groups in total. The smallest absolute Gasteiger partial charge is 0.340 e. The molecule has 6 nitrogen and oxygen atoms in total. The molecule has 120 valence electrons. The molecular weight excluding hydrogens is 296 g/mol. The number of ether oxygens (including phenoxy) is 1. The maximum Gasteiger partial charge on any atom is 0.340 e. The number of hydrogen-bond donors (Lipinski definition) is 2. The maximum absolute atomic E-state index is 12.4. The molecule has 0 aliphatic rings. The molecule has 0 bridgehead atoms. The van der Waals surface area contributed by atoms with E-state index in [4.69, 9.17) is 0 Å². The van der Waals surface area contributed by atoms with Gasteiger partial charge < -0.3 is 15.0 Å². The Kier molecular flexibility index (Phi) is 4.95. The summed E-state index contributed by atoms with van der Waals surface area (Å²) in [4.78, 5) is 39.3. The van der Waals surface area contributed by atoms with E-state index < -0.39 is 17.7 Å². The van der Waals surface area contributed by atoms with Crippen molar-refractivity contribution in [2.75, 3.05) is 7.11 Å². The van der Waals surface area contributed by atoms with Gasteiger partial charge in [-0.2, -0.15) is 0 Å². The SMILES string of the molecule is COC(=O)c1c(C)[nH]c(C)c1C(=O)C(=O)NCc1ccccc1. The number of hydrogen-bond acceptors (Lipinski definition) is 4. The van der Waals surface area contributed by atoms with Crippen LogP contribution in [0.15, 0.2) is 30.3 Å². The van der Waals surface area contributed by atoms with Crippen LogP contribution < -0.4 is 5.32 Å². The Morgan fingerprint density at radius 2 is 1.65 bits per heavy atom. The lowest BCUT2D eigenvalue weighted by atomic mass is 10.0. The zero-order valence-electron chi connectivity index (χ0n) is 13.2. The number of benzene rings is 1. The molecule has 0 saturated heterocycles. The van der Waals surface area contributed by atoms with Crippen LogP contribution in [0.2, 0.25) is 0 Å². The number of aryl methyl sites for hydroxylation is 2. The van der Waals surface area contributed by atoms with Gasteiger partial charge in [-0.1, -0.05) is 30.3 Å². The summed E-state index contributed by atoms with van der Waals surface area (Å²) in [7, 11) is 1.23. The van der Waals surface area contributed by atoms with Gasteiger partial charge in [-0.05, 0) is 19.4 Å². The molecule has 6 heteroatoms. The van der Waals surface area contributed by atoms with Crippen LogP contribution in [0.25, 0.3) is 0 Å². The van der Waals surface area contributed by atoms with Crippen molar-refractivity contribution >= 4 is 17.7 Å². The number of carbonyl (C=O) groups excluding carboxylic acids is 3. The second-order valence-corrected chi connectivity index (χ2v) is 5.11. The standard InChI is InChI=1S/C17H18N2O4/c1-10-13(14(11(2)19-10)17(22)23-3)15(20)16(21)18-9-12-7-5-4-6-8-12/h4-8,19H,9H2,1-3H3,(H,18,21). The van der Waals surface area contributed by atoms with Crippen molar-refractivity contribution in [2.45, 2.75) is 20.4 Å². The molecule has 23 heavy (non-hydrogen) atoms. The fourth-order valence-corrected chi connectivity index (χ4v) is 2.39. The van der Waals surface area contributed by atoms with E-state index in [1.165, 1.54) is 7.11 Å². The number of aromatic nitrogens is 1. The molecule has 1 amide bonds. The van der Waals surface area contributed by atoms with Gasteiger partial charge in [0.2, 0.25) is 0 Å². The van der Waals surface area contributed by atoms with Crippen LogP contribution in [-0.2, 0) is 16.1 Å². The van der Waals surface area contributed by atoms with Gasteiger partial charge in [0.05, 0.1) is 18.2 Å². The summed E-state index contributed by atoms with van der Waals surface area (Å²) < 4.78 is 4.69. The maximum atomic E-state index is 12.4. The minimum absolute atomic E-state index is 0.0555. The number of amides is 1. The number of esters is 1. The van der Waals surface area contributed by atoms with E-state index in [0.717, 1.165) is 5.56 Å². The number of aromatic amines is 1. The van der Waals surface area contributed by atoms with Crippen LogP contribution in [0.4, 0.5) is 0 Å². The number of H-pyrrole nitrogens is 1. The van der Waals surface area contributed by atoms with Crippen molar-refractivity contribution in [3.63, 3.8) is 0 Å². The normalized spacial score (nSPS) is 10.2. The van der Waals surface area contributed by atoms with Crippen LogP contribution >= 0.6 is 0 Å². The van der Waals surface area contributed by atoms with Crippen molar-refractivity contribution in [2.24, 2.45) is 0 Å². The Balaban J connectivity index is 2.20. The molecule has 1 aromatic carbocycles. The minimum atomic E-state index is -0.763. The zero-order chi connectivity index (χ0) is 17.0. The average molecular weight is 314 g/mol. The largest absolute Gasteiger partial charge is 0.465 e. The van der Waals surface area contributed by atoms with Gasteiger partial charge in [0.1, 0.15) is 0 Å². The summed E-state index contributed by atoms with van der Waals surface area (Å²) in [5, 5.41) is 2.56. The zero-order valence-corrected chi connectivity index (χ0v) is 13.2. The van der Waals surface area contributed by atoms with E-state index in [9.17, 15) is 14.4 Å². The fraction of sp³-hybridized carbons (Fsp3) is 0.235. The van der Waals surface area contributed by atoms with Gasteiger partial charge in [-0.25, -0.2) is 4.79 Å². The molecule has 1 aromatic heterocycles. The molecule has 0 spiro atoms. The molecule has 0 saturated carbocycles. The van der Waals surface area contributed by atoms with Crippen LogP contribution in [0.3, 0.4) is 0 Å². The highest BCUT2D eigenvalue weighted by molar-refractivity contribution is 6.44. The highest BCUT2D eigenvalue weighted by atomic mass is 16.5. The summed E-state index contributed by atoms with van der Waals surface area (Å²) in [5.74, 6) is -2.17. The van der Waals surface area contributed by atoms with Gasteiger partial charge in [0.25, 0.3) is 11.7 Å². The fourth-order valence-electron chi connectivity index (χ4n) is 2.39. The Hall–Kier alpha value is -2.89. The molecule has 0 unspecified atom stereocenters. The van der Waals surface area contributed by atoms with E-state index in [-0.39, 0.29) is 17.7 Å². The summed E-state index contributed by atoms with van der Waals surface area (Å²) >= 11 is 0. The van der Waals surface area contributed by atoms with Crippen LogP contribution in [0.1, 0.15) is 37.7 Å². The van der Waals surface area contributed by atoms with Crippen LogP contribution in [-0.4, -0.2) is 29.8 Å². The van der Waals surface area contributed by atoms with Crippen LogP contribution in [0.5, 0.6) is 0 Å². The van der Waals surface area contributed by atoms with E-state index in [1.54, 1.807) is 13.8 Å². The first-order chi connectivity index (χ1) is 11.0. The second kappa shape index (κ2) is 6.91. The lowest BCUT2D eigenvalue weighted by molar-refractivity contribution is -0.117. The number of Topliss-reactive ketones (excluding diaryl/α,β-unsaturated/α-hetero) is 1. The summed E-state index contributed by atoms with van der Waals surface area (Å²) in [6.07, 6.45) is 0. The number of nitrogens with one attached hydrogen (secondary N) is 2. The average Bonchev–Trinajstić information content (AvgIpc) is 2.86. The van der Waals surface area contributed by atoms with Gasteiger partial charge in [0.15, 0.2) is 0 Å².